The molecular formula is C6H8BrNOS. The molecule has 4 heteroatoms. The molecule has 2 nitrogen and oxygen atoms in total. The second kappa shape index (κ2) is 4.05. The maximum atomic E-state index is 5.16. The minimum atomic E-state index is 0.632. The second-order valence-corrected chi connectivity index (χ2v) is 3.46. The first-order valence-electron chi connectivity index (χ1n) is 3.00. The fourth-order valence-electron chi connectivity index (χ4n) is 0.544. The molecular weight excluding hydrogens is 214 g/mol. The molecule has 1 heterocycles. The molecule has 1 aromatic heterocycles. The van der Waals surface area contributed by atoms with Crippen molar-refractivity contribution in [3.05, 3.63) is 15.0 Å². The van der Waals surface area contributed by atoms with E-state index < -0.39 is 0 Å². The van der Waals surface area contributed by atoms with Gasteiger partial charge < -0.3 is 4.74 Å². The van der Waals surface area contributed by atoms with E-state index in [0.29, 0.717) is 6.61 Å². The van der Waals surface area contributed by atoms with Crippen LogP contribution in [0, 0.1) is 0 Å². The molecule has 0 aliphatic rings. The molecule has 0 spiro atoms. The Kier molecular flexibility index (Phi) is 3.31. The van der Waals surface area contributed by atoms with Crippen LogP contribution in [0.3, 0.4) is 0 Å². The van der Waals surface area contributed by atoms with Gasteiger partial charge in [-0.05, 0) is 22.9 Å². The van der Waals surface area contributed by atoms with E-state index in [1.165, 1.54) is 0 Å². The third-order valence-corrected chi connectivity index (χ3v) is 2.48. The quantitative estimate of drug-likeness (QED) is 0.783. The fourth-order valence-corrected chi connectivity index (χ4v) is 1.74. The van der Waals surface area contributed by atoms with Gasteiger partial charge in [0.25, 0.3) is 0 Å². The van der Waals surface area contributed by atoms with Crippen molar-refractivity contribution in [1.29, 1.82) is 0 Å². The molecule has 0 aliphatic carbocycles. The monoisotopic (exact) mass is 221 g/mol. The van der Waals surface area contributed by atoms with Crippen LogP contribution in [0.2, 0.25) is 0 Å². The van der Waals surface area contributed by atoms with Crippen LogP contribution in [-0.4, -0.2) is 11.6 Å². The summed E-state index contributed by atoms with van der Waals surface area (Å²) in [5.41, 5.74) is 0. The van der Waals surface area contributed by atoms with Crippen molar-refractivity contribution in [2.45, 2.75) is 13.5 Å². The normalized spacial score (nSPS) is 10.2. The predicted molar refractivity (Wildman–Crippen MR) is 45.1 cm³/mol. The van der Waals surface area contributed by atoms with E-state index in [-0.39, 0.29) is 0 Å². The third-order valence-electron chi connectivity index (χ3n) is 0.953. The second-order valence-electron chi connectivity index (χ2n) is 1.70. The summed E-state index contributed by atoms with van der Waals surface area (Å²) >= 11 is 4.87. The highest BCUT2D eigenvalue weighted by Crippen LogP contribution is 2.15. The summed E-state index contributed by atoms with van der Waals surface area (Å²) in [4.78, 5) is 4.16. The number of rotatable bonds is 3. The first kappa shape index (κ1) is 8.17. The standard InChI is InChI=1S/C6H8BrNOS/c1-2-9-3-6-8-5(7)4-10-6/h4H,2-3H2,1H3. The Morgan fingerprint density at radius 2 is 2.60 bits per heavy atom. The highest BCUT2D eigenvalue weighted by atomic mass is 79.9. The zero-order valence-electron chi connectivity index (χ0n) is 5.63. The van der Waals surface area contributed by atoms with Crippen molar-refractivity contribution in [2.24, 2.45) is 0 Å². The summed E-state index contributed by atoms with van der Waals surface area (Å²) in [5, 5.41) is 2.97. The maximum Gasteiger partial charge on any atom is 0.120 e. The van der Waals surface area contributed by atoms with Crippen LogP contribution < -0.4 is 0 Å². The van der Waals surface area contributed by atoms with E-state index in [1.54, 1.807) is 11.3 Å². The lowest BCUT2D eigenvalue weighted by Gasteiger charge is -1.93. The van der Waals surface area contributed by atoms with Gasteiger partial charge in [-0.2, -0.15) is 0 Å². The van der Waals surface area contributed by atoms with Crippen molar-refractivity contribution >= 4 is 27.3 Å². The van der Waals surface area contributed by atoms with Crippen LogP contribution >= 0.6 is 27.3 Å². The fraction of sp³-hybridized carbons (Fsp3) is 0.500. The largest absolute Gasteiger partial charge is 0.375 e. The van der Waals surface area contributed by atoms with E-state index in [9.17, 15) is 0 Å². The Morgan fingerprint density at radius 1 is 1.80 bits per heavy atom. The number of thiazole rings is 1. The van der Waals surface area contributed by atoms with E-state index in [1.807, 2.05) is 12.3 Å². The van der Waals surface area contributed by atoms with Crippen LogP contribution in [0.25, 0.3) is 0 Å². The summed E-state index contributed by atoms with van der Waals surface area (Å²) in [5.74, 6) is 0. The molecule has 0 radical (unpaired) electrons. The summed E-state index contributed by atoms with van der Waals surface area (Å²) in [6.07, 6.45) is 0. The zero-order chi connectivity index (χ0) is 7.40. The molecule has 0 atom stereocenters. The van der Waals surface area contributed by atoms with E-state index in [4.69, 9.17) is 4.74 Å². The minimum absolute atomic E-state index is 0.632. The Bertz CT molecular complexity index is 201. The van der Waals surface area contributed by atoms with Crippen molar-refractivity contribution in [3.8, 4) is 0 Å². The van der Waals surface area contributed by atoms with Crippen LogP contribution in [0.1, 0.15) is 11.9 Å². The topological polar surface area (TPSA) is 22.1 Å². The molecule has 0 saturated carbocycles. The number of hydrogen-bond acceptors (Lipinski definition) is 3. The summed E-state index contributed by atoms with van der Waals surface area (Å²) in [7, 11) is 0. The number of nitrogens with zero attached hydrogens (tertiary/aromatic N) is 1. The number of ether oxygens (including phenoxy) is 1. The third kappa shape index (κ3) is 2.36. The lowest BCUT2D eigenvalue weighted by molar-refractivity contribution is 0.134. The lowest BCUT2D eigenvalue weighted by atomic mass is 10.7. The van der Waals surface area contributed by atoms with Crippen LogP contribution in [0.15, 0.2) is 9.98 Å². The average molecular weight is 222 g/mol. The molecule has 0 N–H and O–H groups in total. The first-order valence-corrected chi connectivity index (χ1v) is 4.68. The summed E-state index contributed by atoms with van der Waals surface area (Å²) in [6, 6.07) is 0. The van der Waals surface area contributed by atoms with Crippen LogP contribution in [0.4, 0.5) is 0 Å². The summed E-state index contributed by atoms with van der Waals surface area (Å²) in [6.45, 7) is 3.35. The maximum absolute atomic E-state index is 5.16. The molecule has 10 heavy (non-hydrogen) atoms. The molecule has 0 saturated heterocycles. The van der Waals surface area contributed by atoms with Crippen LogP contribution in [-0.2, 0) is 11.3 Å². The highest BCUT2D eigenvalue weighted by molar-refractivity contribution is 9.10. The van der Waals surface area contributed by atoms with E-state index in [2.05, 4.69) is 20.9 Å². The molecule has 1 rings (SSSR count). The minimum Gasteiger partial charge on any atom is -0.375 e. The van der Waals surface area contributed by atoms with Gasteiger partial charge in [0.05, 0.1) is 6.61 Å². The van der Waals surface area contributed by atoms with Gasteiger partial charge in [0.15, 0.2) is 0 Å². The number of halogens is 1. The Labute approximate surface area is 72.4 Å². The van der Waals surface area contributed by atoms with Gasteiger partial charge in [-0.1, -0.05) is 0 Å². The lowest BCUT2D eigenvalue weighted by Crippen LogP contribution is -1.89. The number of hydrogen-bond donors (Lipinski definition) is 0. The van der Waals surface area contributed by atoms with Crippen molar-refractivity contribution in [3.63, 3.8) is 0 Å². The molecule has 56 valence electrons. The molecule has 0 unspecified atom stereocenters. The Hall–Kier alpha value is 0.0700. The average Bonchev–Trinajstić information content (AvgIpc) is 2.31. The van der Waals surface area contributed by atoms with Crippen molar-refractivity contribution < 1.29 is 4.74 Å². The predicted octanol–water partition coefficient (Wildman–Crippen LogP) is 2.44. The van der Waals surface area contributed by atoms with Crippen molar-refractivity contribution in [1.82, 2.24) is 4.98 Å². The van der Waals surface area contributed by atoms with E-state index in [0.717, 1.165) is 16.2 Å². The van der Waals surface area contributed by atoms with Gasteiger partial charge in [-0.15, -0.1) is 11.3 Å². The molecule has 0 bridgehead atoms. The molecule has 1 aromatic rings. The molecule has 0 fully saturated rings. The van der Waals surface area contributed by atoms with Gasteiger partial charge in [-0.25, -0.2) is 4.98 Å². The molecule has 0 amide bonds. The molecule has 0 aromatic carbocycles. The Morgan fingerprint density at radius 3 is 3.10 bits per heavy atom. The van der Waals surface area contributed by atoms with Crippen LogP contribution in [0.5, 0.6) is 0 Å². The van der Waals surface area contributed by atoms with E-state index >= 15 is 0 Å². The zero-order valence-corrected chi connectivity index (χ0v) is 8.04. The highest BCUT2D eigenvalue weighted by Gasteiger charge is 1.96. The SMILES string of the molecule is CCOCc1nc(Br)cs1. The van der Waals surface area contributed by atoms with Crippen molar-refractivity contribution in [2.75, 3.05) is 6.61 Å². The van der Waals surface area contributed by atoms with Gasteiger partial charge in [-0.3, -0.25) is 0 Å². The van der Waals surface area contributed by atoms with Gasteiger partial charge in [0.1, 0.15) is 9.61 Å². The summed E-state index contributed by atoms with van der Waals surface area (Å²) < 4.78 is 6.06. The Balaban J connectivity index is 2.42. The van der Waals surface area contributed by atoms with Gasteiger partial charge in [0.2, 0.25) is 0 Å². The number of aromatic nitrogens is 1. The smallest absolute Gasteiger partial charge is 0.120 e. The van der Waals surface area contributed by atoms with Gasteiger partial charge >= 0.3 is 0 Å². The first-order chi connectivity index (χ1) is 4.83. The van der Waals surface area contributed by atoms with Gasteiger partial charge in [0, 0.05) is 12.0 Å². The molecule has 0 aliphatic heterocycles.